The van der Waals surface area contributed by atoms with E-state index in [4.69, 9.17) is 14.2 Å². The Kier molecular flexibility index (Phi) is 6.81. The van der Waals surface area contributed by atoms with Crippen LogP contribution in [-0.4, -0.2) is 50.2 Å². The summed E-state index contributed by atoms with van der Waals surface area (Å²) in [6.07, 6.45) is 1.99. The average molecular weight is 381 g/mol. The second-order valence-electron chi connectivity index (χ2n) is 6.27. The molecule has 0 bridgehead atoms. The van der Waals surface area contributed by atoms with Crippen LogP contribution < -0.4 is 4.74 Å². The average Bonchev–Trinajstić information content (AvgIpc) is 2.77. The minimum atomic E-state index is -0.979. The molecule has 3 rings (SSSR count). The molecular weight excluding hydrogens is 358 g/mol. The van der Waals surface area contributed by atoms with Gasteiger partial charge in [0.25, 0.3) is 5.91 Å². The Labute approximate surface area is 164 Å². The van der Waals surface area contributed by atoms with E-state index >= 15 is 0 Å². The first-order chi connectivity index (χ1) is 13.7. The molecule has 2 aromatic rings. The van der Waals surface area contributed by atoms with Gasteiger partial charge in [-0.25, -0.2) is 4.79 Å². The number of benzene rings is 2. The van der Waals surface area contributed by atoms with Crippen LogP contribution in [0.4, 0.5) is 0 Å². The molecule has 0 unspecified atom stereocenters. The highest BCUT2D eigenvalue weighted by Crippen LogP contribution is 2.21. The van der Waals surface area contributed by atoms with Crippen molar-refractivity contribution in [2.75, 3.05) is 33.4 Å². The maximum atomic E-state index is 12.9. The van der Waals surface area contributed by atoms with E-state index in [1.165, 1.54) is 6.08 Å². The highest BCUT2D eigenvalue weighted by Gasteiger charge is 2.29. The Morgan fingerprint density at radius 1 is 1.04 bits per heavy atom. The lowest BCUT2D eigenvalue weighted by Crippen LogP contribution is -2.44. The van der Waals surface area contributed by atoms with Gasteiger partial charge in [-0.05, 0) is 23.8 Å². The third-order valence-electron chi connectivity index (χ3n) is 4.41. The summed E-state index contributed by atoms with van der Waals surface area (Å²) in [7, 11) is 1.59. The van der Waals surface area contributed by atoms with E-state index in [0.717, 1.165) is 11.3 Å². The van der Waals surface area contributed by atoms with Gasteiger partial charge in [0.15, 0.2) is 0 Å². The number of hydrogen-bond acceptors (Lipinski definition) is 5. The SMILES string of the molecule is COc1ccc(/C=C/C(=O)O[C@@H](C(=O)N2CCOCC2)c2ccccc2)cc1. The lowest BCUT2D eigenvalue weighted by Gasteiger charge is -2.30. The van der Waals surface area contributed by atoms with Crippen molar-refractivity contribution in [1.29, 1.82) is 0 Å². The lowest BCUT2D eigenvalue weighted by atomic mass is 10.1. The van der Waals surface area contributed by atoms with Crippen LogP contribution in [0.1, 0.15) is 17.2 Å². The molecule has 0 saturated carbocycles. The second kappa shape index (κ2) is 9.71. The Hall–Kier alpha value is -3.12. The molecule has 1 saturated heterocycles. The van der Waals surface area contributed by atoms with Crippen LogP contribution in [0.5, 0.6) is 5.75 Å². The quantitative estimate of drug-likeness (QED) is 0.569. The van der Waals surface area contributed by atoms with Crippen molar-refractivity contribution >= 4 is 18.0 Å². The van der Waals surface area contributed by atoms with Crippen LogP contribution in [0, 0.1) is 0 Å². The van der Waals surface area contributed by atoms with E-state index in [2.05, 4.69) is 0 Å². The van der Waals surface area contributed by atoms with Gasteiger partial charge >= 0.3 is 5.97 Å². The van der Waals surface area contributed by atoms with Gasteiger partial charge in [-0.1, -0.05) is 42.5 Å². The Bertz CT molecular complexity index is 811. The zero-order valence-electron chi connectivity index (χ0n) is 15.7. The first-order valence-electron chi connectivity index (χ1n) is 9.11. The molecular formula is C22H23NO5. The van der Waals surface area contributed by atoms with Crippen molar-refractivity contribution in [3.8, 4) is 5.75 Å². The Morgan fingerprint density at radius 2 is 1.71 bits per heavy atom. The number of esters is 1. The van der Waals surface area contributed by atoms with Crippen molar-refractivity contribution in [2.45, 2.75) is 6.10 Å². The second-order valence-corrected chi connectivity index (χ2v) is 6.27. The third-order valence-corrected chi connectivity index (χ3v) is 4.41. The molecule has 2 aromatic carbocycles. The van der Waals surface area contributed by atoms with E-state index in [1.54, 1.807) is 42.4 Å². The minimum absolute atomic E-state index is 0.235. The van der Waals surface area contributed by atoms with Gasteiger partial charge in [0.2, 0.25) is 6.10 Å². The molecule has 0 aromatic heterocycles. The van der Waals surface area contributed by atoms with Gasteiger partial charge in [0.05, 0.1) is 20.3 Å². The van der Waals surface area contributed by atoms with Gasteiger partial charge in [-0.2, -0.15) is 0 Å². The first-order valence-corrected chi connectivity index (χ1v) is 9.11. The molecule has 146 valence electrons. The Morgan fingerprint density at radius 3 is 2.36 bits per heavy atom. The number of morpholine rings is 1. The molecule has 0 radical (unpaired) electrons. The summed E-state index contributed by atoms with van der Waals surface area (Å²) < 4.78 is 15.9. The number of amides is 1. The molecule has 0 N–H and O–H groups in total. The maximum absolute atomic E-state index is 12.9. The summed E-state index contributed by atoms with van der Waals surface area (Å²) in [6.45, 7) is 1.94. The van der Waals surface area contributed by atoms with E-state index in [1.807, 2.05) is 30.3 Å². The van der Waals surface area contributed by atoms with E-state index in [-0.39, 0.29) is 5.91 Å². The first kappa shape index (κ1) is 19.6. The fourth-order valence-corrected chi connectivity index (χ4v) is 2.87. The minimum Gasteiger partial charge on any atom is -0.497 e. The lowest BCUT2D eigenvalue weighted by molar-refractivity contribution is -0.159. The largest absolute Gasteiger partial charge is 0.497 e. The maximum Gasteiger partial charge on any atom is 0.331 e. The summed E-state index contributed by atoms with van der Waals surface area (Å²) in [5.41, 5.74) is 1.47. The zero-order chi connectivity index (χ0) is 19.8. The number of rotatable bonds is 6. The third kappa shape index (κ3) is 5.20. The molecule has 1 atom stereocenters. The van der Waals surface area contributed by atoms with Crippen LogP contribution in [-0.2, 0) is 19.1 Å². The monoisotopic (exact) mass is 381 g/mol. The molecule has 0 spiro atoms. The zero-order valence-corrected chi connectivity index (χ0v) is 15.7. The number of carbonyl (C=O) groups is 2. The number of nitrogens with zero attached hydrogens (tertiary/aromatic N) is 1. The molecule has 1 aliphatic heterocycles. The van der Waals surface area contributed by atoms with Gasteiger partial charge in [0, 0.05) is 24.7 Å². The highest BCUT2D eigenvalue weighted by atomic mass is 16.5. The molecule has 1 aliphatic rings. The summed E-state index contributed by atoms with van der Waals surface area (Å²) >= 11 is 0. The van der Waals surface area contributed by atoms with E-state index in [9.17, 15) is 9.59 Å². The predicted octanol–water partition coefficient (Wildman–Crippen LogP) is 2.85. The van der Waals surface area contributed by atoms with Crippen molar-refractivity contribution in [3.05, 3.63) is 71.8 Å². The van der Waals surface area contributed by atoms with Gasteiger partial charge in [0.1, 0.15) is 5.75 Å². The number of carbonyl (C=O) groups excluding carboxylic acids is 2. The summed E-state index contributed by atoms with van der Waals surface area (Å²) in [6, 6.07) is 16.3. The molecule has 6 nitrogen and oxygen atoms in total. The fraction of sp³-hybridized carbons (Fsp3) is 0.273. The van der Waals surface area contributed by atoms with E-state index < -0.39 is 12.1 Å². The predicted molar refractivity (Wildman–Crippen MR) is 105 cm³/mol. The number of hydrogen-bond donors (Lipinski definition) is 0. The molecule has 1 amide bonds. The van der Waals surface area contributed by atoms with Crippen molar-refractivity contribution in [1.82, 2.24) is 4.90 Å². The topological polar surface area (TPSA) is 65.1 Å². The number of methoxy groups -OCH3 is 1. The van der Waals surface area contributed by atoms with Gasteiger partial charge in [-0.15, -0.1) is 0 Å². The van der Waals surface area contributed by atoms with Crippen molar-refractivity contribution in [3.63, 3.8) is 0 Å². The molecule has 0 aliphatic carbocycles. The van der Waals surface area contributed by atoms with Crippen LogP contribution in [0.2, 0.25) is 0 Å². The molecule has 28 heavy (non-hydrogen) atoms. The Balaban J connectivity index is 1.71. The number of ether oxygens (including phenoxy) is 3. The molecule has 1 heterocycles. The van der Waals surface area contributed by atoms with E-state index in [0.29, 0.717) is 31.9 Å². The van der Waals surface area contributed by atoms with Crippen LogP contribution in [0.25, 0.3) is 6.08 Å². The van der Waals surface area contributed by atoms with Crippen LogP contribution >= 0.6 is 0 Å². The van der Waals surface area contributed by atoms with Crippen molar-refractivity contribution < 1.29 is 23.8 Å². The normalized spacial score (nSPS) is 15.2. The fourth-order valence-electron chi connectivity index (χ4n) is 2.87. The summed E-state index contributed by atoms with van der Waals surface area (Å²) in [4.78, 5) is 27.0. The molecule has 6 heteroatoms. The van der Waals surface area contributed by atoms with Gasteiger partial charge < -0.3 is 19.1 Å². The van der Waals surface area contributed by atoms with Crippen LogP contribution in [0.3, 0.4) is 0 Å². The molecule has 1 fully saturated rings. The highest BCUT2D eigenvalue weighted by molar-refractivity contribution is 5.91. The summed E-state index contributed by atoms with van der Waals surface area (Å²) in [5.74, 6) is -0.0769. The summed E-state index contributed by atoms with van der Waals surface area (Å²) in [5, 5.41) is 0. The van der Waals surface area contributed by atoms with Gasteiger partial charge in [-0.3, -0.25) is 4.79 Å². The standard InChI is InChI=1S/C22H23NO5/c1-26-19-10-7-17(8-11-19)9-12-20(24)28-21(18-5-3-2-4-6-18)22(25)23-13-15-27-16-14-23/h2-12,21H,13-16H2,1H3/b12-9+/t21-/m1/s1. The van der Waals surface area contributed by atoms with Crippen molar-refractivity contribution in [2.24, 2.45) is 0 Å². The smallest absolute Gasteiger partial charge is 0.331 e. The van der Waals surface area contributed by atoms with Crippen LogP contribution in [0.15, 0.2) is 60.7 Å².